The molecule has 1 aromatic carbocycles. The fourth-order valence-corrected chi connectivity index (χ4v) is 7.05. The number of thioether (sulfide) groups is 1. The van der Waals surface area contributed by atoms with Crippen LogP contribution in [0.2, 0.25) is 0 Å². The highest BCUT2D eigenvalue weighted by molar-refractivity contribution is 8.00. The van der Waals surface area contributed by atoms with Crippen LogP contribution in [0.25, 0.3) is 0 Å². The van der Waals surface area contributed by atoms with Crippen LogP contribution in [0.15, 0.2) is 34.6 Å². The van der Waals surface area contributed by atoms with Crippen LogP contribution in [0.4, 0.5) is 5.13 Å². The summed E-state index contributed by atoms with van der Waals surface area (Å²) in [5.74, 6) is -5.63. The fourth-order valence-electron chi connectivity index (χ4n) is 5.28. The third kappa shape index (κ3) is 6.53. The van der Waals surface area contributed by atoms with E-state index in [0.29, 0.717) is 36.2 Å². The van der Waals surface area contributed by atoms with Gasteiger partial charge in [0.05, 0.1) is 44.9 Å². The highest BCUT2D eigenvalue weighted by Gasteiger charge is 2.54. The lowest BCUT2D eigenvalue weighted by Crippen LogP contribution is -2.72. The maximum Gasteiger partial charge on any atom is 0.344 e. The number of carbonyl (C=O) groups is 5. The lowest BCUT2D eigenvalue weighted by molar-refractivity contribution is -0.908. The topological polar surface area (TPSA) is 261 Å². The van der Waals surface area contributed by atoms with Crippen LogP contribution >= 0.6 is 23.3 Å². The number of carboxylic acid groups (broad SMARTS) is 2. The van der Waals surface area contributed by atoms with Crippen molar-refractivity contribution in [1.82, 2.24) is 24.5 Å². The van der Waals surface area contributed by atoms with Gasteiger partial charge in [-0.2, -0.15) is 9.36 Å². The number of hydrogen-bond acceptors (Lipinski definition) is 15. The zero-order valence-corrected chi connectivity index (χ0v) is 25.7. The van der Waals surface area contributed by atoms with Gasteiger partial charge in [-0.05, 0) is 18.2 Å². The highest BCUT2D eigenvalue weighted by Crippen LogP contribution is 2.41. The van der Waals surface area contributed by atoms with E-state index < -0.39 is 53.2 Å². The number of likely N-dealkylation sites (N-methyl/N-ethyl adjacent to an activating group) is 1. The number of oxime groups is 1. The van der Waals surface area contributed by atoms with Crippen molar-refractivity contribution in [3.8, 4) is 11.5 Å². The number of aromatic hydroxyl groups is 2. The second kappa shape index (κ2) is 12.8. The smallest absolute Gasteiger partial charge is 0.344 e. The summed E-state index contributed by atoms with van der Waals surface area (Å²) in [7, 11) is 1.92. The first-order valence-electron chi connectivity index (χ1n) is 13.6. The van der Waals surface area contributed by atoms with Crippen molar-refractivity contribution in [2.24, 2.45) is 5.16 Å². The molecule has 2 saturated heterocycles. The number of aliphatic carboxylic acids is 2. The number of β-lactam (4-membered cyclic amide) rings is 1. The van der Waals surface area contributed by atoms with Crippen molar-refractivity contribution in [3.63, 3.8) is 0 Å². The largest absolute Gasteiger partial charge is 0.543 e. The fraction of sp³-hybridized carbons (Fsp3) is 0.385. The number of anilines is 1. The number of carboxylic acids is 2. The number of aromatic nitrogens is 2. The summed E-state index contributed by atoms with van der Waals surface area (Å²) in [6, 6.07) is 2.70. The number of rotatable bonds is 10. The van der Waals surface area contributed by atoms with Gasteiger partial charge in [0.25, 0.3) is 17.7 Å². The monoisotopic (exact) mass is 676 g/mol. The quantitative estimate of drug-likeness (QED) is 0.0566. The molecule has 0 spiro atoms. The van der Waals surface area contributed by atoms with Crippen LogP contribution in [0, 0.1) is 0 Å². The number of fused-ring (bicyclic) bond motifs is 1. The van der Waals surface area contributed by atoms with Crippen LogP contribution in [-0.4, -0.2) is 138 Å². The molecule has 2 aromatic rings. The molecule has 18 nitrogen and oxygen atoms in total. The summed E-state index contributed by atoms with van der Waals surface area (Å²) in [4.78, 5) is 73.6. The number of quaternary nitrogens is 1. The number of nitrogen functional groups attached to an aromatic ring is 1. The normalized spacial score (nSPS) is 20.9. The molecule has 3 aliphatic rings. The number of amides is 3. The number of carbonyl (C=O) groups excluding carboxylic acids is 4. The number of nitrogens with zero attached hydrogens (tertiary/aromatic N) is 6. The minimum Gasteiger partial charge on any atom is -0.543 e. The summed E-state index contributed by atoms with van der Waals surface area (Å²) in [5.41, 5.74) is 5.48. The molecular formula is C26H28N8O10S2. The standard InChI is InChI=1S/C26H28N8O10S2/c1-34(6-4-32(5-7-34)22(40)12-2-3-14(35)15(36)8-12)9-13-11-45-24-18(23(41)33(24)19(13)25(42)43)28-21(39)17(30-44-10-16(37)38)20-29-26(27)46-31-20/h2-3,8,18,24H,4-7,9-11H2,1H3,(H6-,27,28,29,30,31,35,36,37,38,39,40,42,43)/t18-,24-/m1/s1. The van der Waals surface area contributed by atoms with E-state index >= 15 is 0 Å². The number of phenols is 2. The van der Waals surface area contributed by atoms with Gasteiger partial charge >= 0.3 is 5.97 Å². The molecule has 0 bridgehead atoms. The van der Waals surface area contributed by atoms with Crippen molar-refractivity contribution >= 4 is 63.8 Å². The van der Waals surface area contributed by atoms with Crippen molar-refractivity contribution in [2.45, 2.75) is 11.4 Å². The molecule has 2 fully saturated rings. The van der Waals surface area contributed by atoms with E-state index in [1.165, 1.54) is 30.0 Å². The first kappa shape index (κ1) is 32.4. The zero-order valence-electron chi connectivity index (χ0n) is 24.1. The Balaban J connectivity index is 1.26. The third-order valence-corrected chi connectivity index (χ3v) is 9.52. The molecule has 3 amide bonds. The Morgan fingerprint density at radius 1 is 1.22 bits per heavy atom. The Morgan fingerprint density at radius 3 is 2.54 bits per heavy atom. The Labute approximate surface area is 268 Å². The molecule has 0 aliphatic carbocycles. The molecule has 5 rings (SSSR count). The lowest BCUT2D eigenvalue weighted by Gasteiger charge is -2.51. The summed E-state index contributed by atoms with van der Waals surface area (Å²) >= 11 is 2.00. The Bertz CT molecular complexity index is 1670. The number of piperazine rings is 1. The van der Waals surface area contributed by atoms with Crippen molar-refractivity contribution in [1.29, 1.82) is 0 Å². The number of nitrogens with two attached hydrogens (primary N) is 1. The summed E-state index contributed by atoms with van der Waals surface area (Å²) in [5, 5.41) is 45.6. The molecule has 2 atom stereocenters. The van der Waals surface area contributed by atoms with Crippen molar-refractivity contribution < 1.29 is 53.7 Å². The Kier molecular flexibility index (Phi) is 9.03. The molecule has 46 heavy (non-hydrogen) atoms. The molecular weight excluding hydrogens is 648 g/mol. The van der Waals surface area contributed by atoms with E-state index in [1.807, 2.05) is 7.05 Å². The maximum absolute atomic E-state index is 13.2. The summed E-state index contributed by atoms with van der Waals surface area (Å²) in [6.07, 6.45) is 0. The van der Waals surface area contributed by atoms with E-state index in [1.54, 1.807) is 4.90 Å². The minimum absolute atomic E-state index is 0.000679. The van der Waals surface area contributed by atoms with Gasteiger partial charge in [-0.1, -0.05) is 5.16 Å². The minimum atomic E-state index is -1.54. The average Bonchev–Trinajstić information content (AvgIpc) is 3.44. The van der Waals surface area contributed by atoms with Gasteiger partial charge in [0.2, 0.25) is 18.1 Å². The molecule has 1 aromatic heterocycles. The molecule has 6 N–H and O–H groups in total. The van der Waals surface area contributed by atoms with Gasteiger partial charge in [-0.25, -0.2) is 4.79 Å². The molecule has 0 unspecified atom stereocenters. The third-order valence-electron chi connectivity index (χ3n) is 7.64. The highest BCUT2D eigenvalue weighted by atomic mass is 32.2. The first-order valence-corrected chi connectivity index (χ1v) is 15.4. The molecule has 20 heteroatoms. The Hall–Kier alpha value is -4.95. The summed E-state index contributed by atoms with van der Waals surface area (Å²) < 4.78 is 4.26. The second-order valence-corrected chi connectivity index (χ2v) is 12.8. The van der Waals surface area contributed by atoms with Crippen molar-refractivity contribution in [2.75, 3.05) is 57.9 Å². The predicted molar refractivity (Wildman–Crippen MR) is 158 cm³/mol. The average molecular weight is 677 g/mol. The van der Waals surface area contributed by atoms with Crippen LogP contribution < -0.4 is 16.2 Å². The molecule has 3 aliphatic heterocycles. The van der Waals surface area contributed by atoms with E-state index in [9.17, 15) is 39.3 Å². The lowest BCUT2D eigenvalue weighted by atomic mass is 10.0. The van der Waals surface area contributed by atoms with E-state index in [-0.39, 0.29) is 46.2 Å². The number of nitrogens with one attached hydrogen (secondary N) is 1. The molecule has 4 heterocycles. The van der Waals surface area contributed by atoms with Crippen LogP contribution in [0.3, 0.4) is 0 Å². The SMILES string of the molecule is C[N+]1(CC2=C(C(=O)[O-])N3C(=O)[C@@H](NC(=O)C(=NOCC(=O)O)c4nsc(N)n4)[C@H]3SC2)CCN(C(=O)c2ccc(O)c(O)c2)CC1. The van der Waals surface area contributed by atoms with Gasteiger partial charge in [-0.3, -0.25) is 19.3 Å². The number of phenolic OH excluding ortho intramolecular Hbond substituents is 2. The van der Waals surface area contributed by atoms with Crippen LogP contribution in [-0.2, 0) is 24.0 Å². The molecule has 244 valence electrons. The van der Waals surface area contributed by atoms with Gasteiger partial charge in [-0.15, -0.1) is 11.8 Å². The van der Waals surface area contributed by atoms with Crippen LogP contribution in [0.1, 0.15) is 16.2 Å². The summed E-state index contributed by atoms with van der Waals surface area (Å²) in [6.45, 7) is 1.04. The van der Waals surface area contributed by atoms with E-state index in [4.69, 9.17) is 10.8 Å². The Morgan fingerprint density at radius 2 is 1.93 bits per heavy atom. The first-order chi connectivity index (χ1) is 21.8. The second-order valence-electron chi connectivity index (χ2n) is 10.9. The van der Waals surface area contributed by atoms with Gasteiger partial charge in [0.1, 0.15) is 18.0 Å². The maximum atomic E-state index is 13.2. The zero-order chi connectivity index (χ0) is 33.3. The molecule has 0 saturated carbocycles. The van der Waals surface area contributed by atoms with Crippen molar-refractivity contribution in [3.05, 3.63) is 40.9 Å². The number of benzene rings is 1. The van der Waals surface area contributed by atoms with Crippen LogP contribution in [0.5, 0.6) is 11.5 Å². The van der Waals surface area contributed by atoms with E-state index in [2.05, 4.69) is 24.7 Å². The van der Waals surface area contributed by atoms with E-state index in [0.717, 1.165) is 16.4 Å². The van der Waals surface area contributed by atoms with Gasteiger partial charge in [0, 0.05) is 28.4 Å². The molecule has 0 radical (unpaired) electrons. The van der Waals surface area contributed by atoms with Gasteiger partial charge in [0.15, 0.2) is 16.6 Å². The van der Waals surface area contributed by atoms with Gasteiger partial charge < -0.3 is 50.5 Å². The number of hydrogen-bond donors (Lipinski definition) is 5. The predicted octanol–water partition coefficient (Wildman–Crippen LogP) is -2.66.